The Morgan fingerprint density at radius 2 is 2.22 bits per heavy atom. The monoisotopic (exact) mass is 309 g/mol. The van der Waals surface area contributed by atoms with Gasteiger partial charge < -0.3 is 15.0 Å². The summed E-state index contributed by atoms with van der Waals surface area (Å²) in [6.45, 7) is 2.91. The summed E-state index contributed by atoms with van der Waals surface area (Å²) < 4.78 is 3.00. The van der Waals surface area contributed by atoms with Gasteiger partial charge in [-0.2, -0.15) is 0 Å². The molecule has 1 unspecified atom stereocenters. The first-order valence-electron chi connectivity index (χ1n) is 5.88. The lowest BCUT2D eigenvalue weighted by molar-refractivity contribution is 0.272. The zero-order chi connectivity index (χ0) is 13.0. The fraction of sp³-hybridized carbons (Fsp3) is 0.308. The number of aromatic nitrogens is 2. The van der Waals surface area contributed by atoms with Gasteiger partial charge in [-0.25, -0.2) is 4.98 Å². The lowest BCUT2D eigenvalue weighted by Gasteiger charge is -2.19. The Balaban J connectivity index is 2.23. The Labute approximate surface area is 115 Å². The Morgan fingerprint density at radius 1 is 1.44 bits per heavy atom. The van der Waals surface area contributed by atoms with Crippen molar-refractivity contribution in [2.45, 2.75) is 19.5 Å². The second-order valence-corrected chi connectivity index (χ2v) is 4.82. The highest BCUT2D eigenvalue weighted by Crippen LogP contribution is 2.26. The third-order valence-electron chi connectivity index (χ3n) is 2.83. The molecule has 18 heavy (non-hydrogen) atoms. The predicted molar refractivity (Wildman–Crippen MR) is 75.5 cm³/mol. The van der Waals surface area contributed by atoms with Crippen LogP contribution in [-0.4, -0.2) is 21.3 Å². The summed E-state index contributed by atoms with van der Waals surface area (Å²) in [7, 11) is 0. The molecule has 0 radical (unpaired) electrons. The molecule has 2 N–H and O–H groups in total. The van der Waals surface area contributed by atoms with Gasteiger partial charge in [-0.15, -0.1) is 0 Å². The average Bonchev–Trinajstić information content (AvgIpc) is 2.86. The molecule has 0 aliphatic carbocycles. The van der Waals surface area contributed by atoms with Gasteiger partial charge in [0.05, 0.1) is 30.9 Å². The number of aryl methyl sites for hydroxylation is 1. The first-order valence-corrected chi connectivity index (χ1v) is 6.67. The number of rotatable bonds is 5. The van der Waals surface area contributed by atoms with Crippen LogP contribution in [0.4, 0.5) is 5.69 Å². The van der Waals surface area contributed by atoms with Crippen molar-refractivity contribution in [2.24, 2.45) is 0 Å². The molecule has 2 rings (SSSR count). The molecular formula is C13H16BrN3O. The topological polar surface area (TPSA) is 50.1 Å². The van der Waals surface area contributed by atoms with Crippen LogP contribution in [-0.2, 0) is 6.54 Å². The highest BCUT2D eigenvalue weighted by Gasteiger charge is 2.15. The van der Waals surface area contributed by atoms with Crippen molar-refractivity contribution in [1.82, 2.24) is 9.55 Å². The number of aliphatic hydroxyl groups is 1. The minimum Gasteiger partial charge on any atom is -0.394 e. The van der Waals surface area contributed by atoms with E-state index in [4.69, 9.17) is 0 Å². The normalized spacial score (nSPS) is 12.4. The van der Waals surface area contributed by atoms with Crippen molar-refractivity contribution in [3.05, 3.63) is 47.0 Å². The van der Waals surface area contributed by atoms with E-state index in [9.17, 15) is 5.11 Å². The molecule has 1 atom stereocenters. The first kappa shape index (κ1) is 13.1. The summed E-state index contributed by atoms with van der Waals surface area (Å²) >= 11 is 3.49. The SMILES string of the molecule is CCn1cncc1C(CO)Nc1ccccc1Br. The van der Waals surface area contributed by atoms with E-state index in [-0.39, 0.29) is 12.6 Å². The van der Waals surface area contributed by atoms with Gasteiger partial charge in [0.2, 0.25) is 0 Å². The molecule has 0 spiro atoms. The third kappa shape index (κ3) is 2.73. The van der Waals surface area contributed by atoms with Gasteiger partial charge >= 0.3 is 0 Å². The van der Waals surface area contributed by atoms with E-state index in [0.29, 0.717) is 0 Å². The number of imidazole rings is 1. The molecule has 5 heteroatoms. The molecule has 1 aromatic heterocycles. The molecule has 0 fully saturated rings. The van der Waals surface area contributed by atoms with Crippen LogP contribution in [0.15, 0.2) is 41.3 Å². The lowest BCUT2D eigenvalue weighted by Crippen LogP contribution is -2.18. The fourth-order valence-electron chi connectivity index (χ4n) is 1.86. The maximum atomic E-state index is 9.55. The van der Waals surface area contributed by atoms with Crippen LogP contribution in [0.25, 0.3) is 0 Å². The minimum absolute atomic E-state index is 0.0209. The minimum atomic E-state index is -0.161. The first-order chi connectivity index (χ1) is 8.76. The van der Waals surface area contributed by atoms with Gasteiger partial charge in [0.25, 0.3) is 0 Å². The number of anilines is 1. The van der Waals surface area contributed by atoms with Crippen LogP contribution in [0.2, 0.25) is 0 Å². The van der Waals surface area contributed by atoms with Crippen molar-refractivity contribution in [2.75, 3.05) is 11.9 Å². The summed E-state index contributed by atoms with van der Waals surface area (Å²) in [5, 5.41) is 12.9. The number of nitrogens with one attached hydrogen (secondary N) is 1. The van der Waals surface area contributed by atoms with Crippen molar-refractivity contribution < 1.29 is 5.11 Å². The Morgan fingerprint density at radius 3 is 2.89 bits per heavy atom. The van der Waals surface area contributed by atoms with Crippen molar-refractivity contribution in [1.29, 1.82) is 0 Å². The Kier molecular flexibility index (Phi) is 4.38. The van der Waals surface area contributed by atoms with Crippen LogP contribution in [0.3, 0.4) is 0 Å². The highest BCUT2D eigenvalue weighted by atomic mass is 79.9. The summed E-state index contributed by atoms with van der Waals surface area (Å²) in [5.41, 5.74) is 1.94. The molecular weight excluding hydrogens is 294 g/mol. The summed E-state index contributed by atoms with van der Waals surface area (Å²) in [5.74, 6) is 0. The van der Waals surface area contributed by atoms with Crippen molar-refractivity contribution in [3.63, 3.8) is 0 Å². The lowest BCUT2D eigenvalue weighted by atomic mass is 10.2. The standard InChI is InChI=1S/C13H16BrN3O/c1-2-17-9-15-7-13(17)12(8-18)16-11-6-4-3-5-10(11)14/h3-7,9,12,16,18H,2,8H2,1H3. The van der Waals surface area contributed by atoms with Crippen LogP contribution in [0.5, 0.6) is 0 Å². The quantitative estimate of drug-likeness (QED) is 0.893. The van der Waals surface area contributed by atoms with Crippen molar-refractivity contribution in [3.8, 4) is 0 Å². The van der Waals surface area contributed by atoms with Crippen LogP contribution >= 0.6 is 15.9 Å². The van der Waals surface area contributed by atoms with E-state index < -0.39 is 0 Å². The average molecular weight is 310 g/mol. The molecule has 1 aromatic carbocycles. The molecule has 0 aliphatic rings. The maximum absolute atomic E-state index is 9.55. The fourth-order valence-corrected chi connectivity index (χ4v) is 2.26. The maximum Gasteiger partial charge on any atom is 0.0948 e. The summed E-state index contributed by atoms with van der Waals surface area (Å²) in [6, 6.07) is 7.69. The van der Waals surface area contributed by atoms with E-state index in [1.54, 1.807) is 12.5 Å². The Bertz CT molecular complexity index is 512. The van der Waals surface area contributed by atoms with Gasteiger partial charge in [0, 0.05) is 16.7 Å². The van der Waals surface area contributed by atoms with Crippen LogP contribution in [0, 0.1) is 0 Å². The number of aliphatic hydroxyl groups excluding tert-OH is 1. The third-order valence-corrected chi connectivity index (χ3v) is 3.52. The van der Waals surface area contributed by atoms with Gasteiger partial charge in [0.15, 0.2) is 0 Å². The second kappa shape index (κ2) is 6.02. The number of halogens is 1. The molecule has 96 valence electrons. The molecule has 0 bridgehead atoms. The zero-order valence-electron chi connectivity index (χ0n) is 10.2. The van der Waals surface area contributed by atoms with E-state index in [1.807, 2.05) is 28.8 Å². The molecule has 4 nitrogen and oxygen atoms in total. The Hall–Kier alpha value is -1.33. The molecule has 1 heterocycles. The number of benzene rings is 1. The number of para-hydroxylation sites is 1. The predicted octanol–water partition coefficient (Wildman–Crippen LogP) is 2.81. The molecule has 2 aromatic rings. The number of nitrogens with zero attached hydrogens (tertiary/aromatic N) is 2. The van der Waals surface area contributed by atoms with Crippen molar-refractivity contribution >= 4 is 21.6 Å². The highest BCUT2D eigenvalue weighted by molar-refractivity contribution is 9.10. The van der Waals surface area contributed by atoms with Gasteiger partial charge in [0.1, 0.15) is 0 Å². The van der Waals surface area contributed by atoms with E-state index >= 15 is 0 Å². The molecule has 0 saturated carbocycles. The largest absolute Gasteiger partial charge is 0.394 e. The van der Waals surface area contributed by atoms with E-state index in [0.717, 1.165) is 22.4 Å². The van der Waals surface area contributed by atoms with Gasteiger partial charge in [-0.3, -0.25) is 0 Å². The molecule has 0 saturated heterocycles. The summed E-state index contributed by atoms with van der Waals surface area (Å²) in [4.78, 5) is 4.13. The smallest absolute Gasteiger partial charge is 0.0948 e. The number of hydrogen-bond donors (Lipinski definition) is 2. The molecule has 0 amide bonds. The zero-order valence-corrected chi connectivity index (χ0v) is 11.8. The van der Waals surface area contributed by atoms with Gasteiger partial charge in [-0.05, 0) is 35.0 Å². The van der Waals surface area contributed by atoms with Gasteiger partial charge in [-0.1, -0.05) is 12.1 Å². The van der Waals surface area contributed by atoms with E-state index in [1.165, 1.54) is 0 Å². The van der Waals surface area contributed by atoms with E-state index in [2.05, 4.69) is 33.2 Å². The second-order valence-electron chi connectivity index (χ2n) is 3.96. The number of hydrogen-bond acceptors (Lipinski definition) is 3. The summed E-state index contributed by atoms with van der Waals surface area (Å²) in [6.07, 6.45) is 3.56. The molecule has 0 aliphatic heterocycles. The van der Waals surface area contributed by atoms with Crippen LogP contribution < -0.4 is 5.32 Å². The van der Waals surface area contributed by atoms with Crippen LogP contribution in [0.1, 0.15) is 18.7 Å².